The van der Waals surface area contributed by atoms with Crippen molar-refractivity contribution in [1.29, 1.82) is 10.8 Å². The topological polar surface area (TPSA) is 90.1 Å². The van der Waals surface area contributed by atoms with Gasteiger partial charge in [-0.1, -0.05) is 24.3 Å². The Bertz CT molecular complexity index is 1070. The first-order valence-electron chi connectivity index (χ1n) is 9.97. The zero-order valence-corrected chi connectivity index (χ0v) is 17.8. The van der Waals surface area contributed by atoms with Crippen molar-refractivity contribution < 1.29 is 9.53 Å². The lowest BCUT2D eigenvalue weighted by atomic mass is 10.1. The maximum absolute atomic E-state index is 13.0. The van der Waals surface area contributed by atoms with Crippen molar-refractivity contribution in [2.45, 2.75) is 32.2 Å². The monoisotopic (exact) mass is 420 g/mol. The smallest absolute Gasteiger partial charge is 0.253 e. The van der Waals surface area contributed by atoms with Crippen molar-refractivity contribution in [3.8, 4) is 10.6 Å². The van der Waals surface area contributed by atoms with Crippen LogP contribution in [-0.4, -0.2) is 40.7 Å². The first-order chi connectivity index (χ1) is 14.4. The van der Waals surface area contributed by atoms with Crippen LogP contribution in [0.2, 0.25) is 0 Å². The fraction of sp³-hybridized carbons (Fsp3) is 0.304. The number of ether oxygens (including phenoxy) is 1. The third kappa shape index (κ3) is 4.11. The van der Waals surface area contributed by atoms with E-state index < -0.39 is 0 Å². The van der Waals surface area contributed by atoms with E-state index in [0.717, 1.165) is 33.6 Å². The number of fused-ring (bicyclic) bond motifs is 1. The highest BCUT2D eigenvalue weighted by Crippen LogP contribution is 2.32. The van der Waals surface area contributed by atoms with Gasteiger partial charge in [-0.3, -0.25) is 15.6 Å². The third-order valence-electron chi connectivity index (χ3n) is 5.58. The van der Waals surface area contributed by atoms with Gasteiger partial charge in [0.15, 0.2) is 11.8 Å². The van der Waals surface area contributed by atoms with Crippen LogP contribution < -0.4 is 0 Å². The van der Waals surface area contributed by atoms with Crippen molar-refractivity contribution in [3.63, 3.8) is 0 Å². The summed E-state index contributed by atoms with van der Waals surface area (Å²) in [7, 11) is 1.82. The molecule has 1 heterocycles. The molecule has 1 saturated carbocycles. The molecular weight excluding hydrogens is 396 g/mol. The Morgan fingerprint density at radius 1 is 1.13 bits per heavy atom. The Balaban J connectivity index is 1.43. The van der Waals surface area contributed by atoms with Gasteiger partial charge in [0.1, 0.15) is 5.01 Å². The molecule has 0 spiro atoms. The number of aromatic nitrogens is 1. The fourth-order valence-electron chi connectivity index (χ4n) is 3.92. The fourth-order valence-corrected chi connectivity index (χ4v) is 4.89. The Morgan fingerprint density at radius 3 is 2.57 bits per heavy atom. The summed E-state index contributed by atoms with van der Waals surface area (Å²) in [6.45, 7) is 1.52. The summed E-state index contributed by atoms with van der Waals surface area (Å²) in [6, 6.07) is 15.7. The summed E-state index contributed by atoms with van der Waals surface area (Å²) in [4.78, 5) is 19.4. The van der Waals surface area contributed by atoms with E-state index >= 15 is 0 Å². The van der Waals surface area contributed by atoms with Gasteiger partial charge in [-0.15, -0.1) is 11.3 Å². The van der Waals surface area contributed by atoms with E-state index in [1.165, 1.54) is 6.92 Å². The second-order valence-corrected chi connectivity index (χ2v) is 8.70. The molecule has 0 saturated heterocycles. The molecule has 7 heteroatoms. The van der Waals surface area contributed by atoms with Crippen molar-refractivity contribution >= 4 is 39.3 Å². The van der Waals surface area contributed by atoms with Crippen molar-refractivity contribution in [2.75, 3.05) is 7.05 Å². The molecule has 1 aromatic heterocycles. The van der Waals surface area contributed by atoms with Crippen LogP contribution in [0.3, 0.4) is 0 Å². The van der Waals surface area contributed by atoms with Crippen LogP contribution in [0.25, 0.3) is 20.8 Å². The van der Waals surface area contributed by atoms with Crippen molar-refractivity contribution in [3.05, 3.63) is 54.1 Å². The molecule has 2 N–H and O–H groups in total. The highest BCUT2D eigenvalue weighted by molar-refractivity contribution is 7.21. The molecule has 4 rings (SSSR count). The number of nitrogens with one attached hydrogen (secondary N) is 2. The van der Waals surface area contributed by atoms with E-state index in [-0.39, 0.29) is 29.7 Å². The highest BCUT2D eigenvalue weighted by Gasteiger charge is 2.33. The van der Waals surface area contributed by atoms with Gasteiger partial charge in [0.25, 0.3) is 5.91 Å². The van der Waals surface area contributed by atoms with Crippen molar-refractivity contribution in [1.82, 2.24) is 9.88 Å². The molecule has 1 aliphatic rings. The number of rotatable bonds is 4. The molecule has 1 aliphatic carbocycles. The van der Waals surface area contributed by atoms with Crippen LogP contribution in [0.5, 0.6) is 0 Å². The standard InChI is InChI=1S/C23H24N4O2S/c1-14(24)29-21(25)17-11-12-18(13-17)27(2)23(28)16-9-7-15(8-10-16)22-26-19-5-3-4-6-20(19)30-22/h3-10,17-18,24-25H,11-13H2,1-2H3/t17-,18+/m0/s1. The van der Waals surface area contributed by atoms with Gasteiger partial charge in [-0.25, -0.2) is 4.98 Å². The molecule has 6 nitrogen and oxygen atoms in total. The number of hydrogen-bond donors (Lipinski definition) is 2. The van der Waals surface area contributed by atoms with Gasteiger partial charge < -0.3 is 9.64 Å². The molecule has 0 aliphatic heterocycles. The van der Waals surface area contributed by atoms with E-state index in [0.29, 0.717) is 12.0 Å². The SMILES string of the molecule is CC(=N)OC(=N)[C@H]1CC[C@@H](N(C)C(=O)c2ccc(-c3nc4ccccc4s3)cc2)C1. The molecule has 30 heavy (non-hydrogen) atoms. The van der Waals surface area contributed by atoms with Gasteiger partial charge in [0.2, 0.25) is 0 Å². The minimum absolute atomic E-state index is 0.0211. The quantitative estimate of drug-likeness (QED) is 0.449. The number of para-hydroxylation sites is 1. The molecule has 1 fully saturated rings. The normalized spacial score (nSPS) is 18.3. The number of nitrogens with zero attached hydrogens (tertiary/aromatic N) is 2. The predicted octanol–water partition coefficient (Wildman–Crippen LogP) is 5.20. The third-order valence-corrected chi connectivity index (χ3v) is 6.67. The molecule has 0 bridgehead atoms. The van der Waals surface area contributed by atoms with Crippen LogP contribution in [0.1, 0.15) is 36.5 Å². The molecule has 154 valence electrons. The summed E-state index contributed by atoms with van der Waals surface area (Å²) < 4.78 is 6.29. The summed E-state index contributed by atoms with van der Waals surface area (Å²) in [5.41, 5.74) is 2.64. The van der Waals surface area contributed by atoms with Crippen LogP contribution in [-0.2, 0) is 4.74 Å². The maximum Gasteiger partial charge on any atom is 0.253 e. The molecule has 3 aromatic rings. The van der Waals surface area contributed by atoms with E-state index in [4.69, 9.17) is 15.6 Å². The van der Waals surface area contributed by atoms with Gasteiger partial charge in [0, 0.05) is 37.1 Å². The second kappa shape index (κ2) is 8.36. The summed E-state index contributed by atoms with van der Waals surface area (Å²) in [5.74, 6) is 0.103. The van der Waals surface area contributed by atoms with Gasteiger partial charge in [-0.2, -0.15) is 0 Å². The summed E-state index contributed by atoms with van der Waals surface area (Å²) in [5, 5.41) is 16.3. The van der Waals surface area contributed by atoms with Gasteiger partial charge in [-0.05, 0) is 43.5 Å². The molecule has 0 radical (unpaired) electrons. The number of thiazole rings is 1. The van der Waals surface area contributed by atoms with Crippen molar-refractivity contribution in [2.24, 2.45) is 5.92 Å². The van der Waals surface area contributed by atoms with Crippen LogP contribution >= 0.6 is 11.3 Å². The van der Waals surface area contributed by atoms with Crippen LogP contribution in [0.4, 0.5) is 0 Å². The minimum atomic E-state index is -0.0352. The highest BCUT2D eigenvalue weighted by atomic mass is 32.1. The number of hydrogen-bond acceptors (Lipinski definition) is 6. The average Bonchev–Trinajstić information content (AvgIpc) is 3.39. The molecule has 1 amide bonds. The van der Waals surface area contributed by atoms with E-state index in [1.54, 1.807) is 16.2 Å². The number of carbonyl (C=O) groups excluding carboxylic acids is 1. The molecular formula is C23H24N4O2S. The first kappa shape index (κ1) is 20.2. The Labute approximate surface area is 179 Å². The number of amides is 1. The molecule has 0 unspecified atom stereocenters. The number of carbonyl (C=O) groups is 1. The Kier molecular flexibility index (Phi) is 5.63. The Hall–Kier alpha value is -3.06. The largest absolute Gasteiger partial charge is 0.430 e. The van der Waals surface area contributed by atoms with Gasteiger partial charge >= 0.3 is 0 Å². The van der Waals surface area contributed by atoms with Crippen LogP contribution in [0, 0.1) is 16.7 Å². The maximum atomic E-state index is 13.0. The lowest BCUT2D eigenvalue weighted by Gasteiger charge is -2.25. The predicted molar refractivity (Wildman–Crippen MR) is 120 cm³/mol. The van der Waals surface area contributed by atoms with E-state index in [2.05, 4.69) is 11.1 Å². The van der Waals surface area contributed by atoms with Crippen LogP contribution in [0.15, 0.2) is 48.5 Å². The minimum Gasteiger partial charge on any atom is -0.430 e. The molecule has 2 atom stereocenters. The number of benzene rings is 2. The van der Waals surface area contributed by atoms with Gasteiger partial charge in [0.05, 0.1) is 10.2 Å². The first-order valence-corrected chi connectivity index (χ1v) is 10.8. The lowest BCUT2D eigenvalue weighted by Crippen LogP contribution is -2.35. The van der Waals surface area contributed by atoms with E-state index in [9.17, 15) is 4.79 Å². The lowest BCUT2D eigenvalue weighted by molar-refractivity contribution is 0.0733. The Morgan fingerprint density at radius 2 is 1.87 bits per heavy atom. The summed E-state index contributed by atoms with van der Waals surface area (Å²) in [6.07, 6.45) is 2.32. The zero-order valence-electron chi connectivity index (χ0n) is 17.0. The zero-order chi connectivity index (χ0) is 21.3. The molecule has 2 aromatic carbocycles. The van der Waals surface area contributed by atoms with E-state index in [1.807, 2.05) is 49.5 Å². The summed E-state index contributed by atoms with van der Waals surface area (Å²) >= 11 is 1.64. The average molecular weight is 421 g/mol. The second-order valence-electron chi connectivity index (χ2n) is 7.67.